The summed E-state index contributed by atoms with van der Waals surface area (Å²) in [7, 11) is 1.56. The van der Waals surface area contributed by atoms with E-state index in [4.69, 9.17) is 10.5 Å². The number of nitrogens with two attached hydrogens (primary N) is 1. The number of carbonyl (C=O) groups is 2. The molecule has 2 rings (SSSR count). The van der Waals surface area contributed by atoms with E-state index in [1.54, 1.807) is 32.2 Å². The van der Waals surface area contributed by atoms with E-state index in [0.717, 1.165) is 12.1 Å². The van der Waals surface area contributed by atoms with Gasteiger partial charge < -0.3 is 15.4 Å². The van der Waals surface area contributed by atoms with E-state index in [-0.39, 0.29) is 12.5 Å². The van der Waals surface area contributed by atoms with Gasteiger partial charge in [-0.3, -0.25) is 9.59 Å². The zero-order valence-electron chi connectivity index (χ0n) is 13.8. The molecule has 0 aliphatic rings. The van der Waals surface area contributed by atoms with Crippen molar-refractivity contribution in [1.29, 1.82) is 0 Å². The molecule has 0 aliphatic heterocycles. The number of nitrogens with zero attached hydrogens (tertiary/aromatic N) is 1. The fourth-order valence-electron chi connectivity index (χ4n) is 2.25. The van der Waals surface area contributed by atoms with E-state index in [9.17, 15) is 18.4 Å². The molecule has 0 saturated carbocycles. The Morgan fingerprint density at radius 1 is 1.16 bits per heavy atom. The van der Waals surface area contributed by atoms with Crippen LogP contribution in [0.25, 0.3) is 0 Å². The van der Waals surface area contributed by atoms with Crippen molar-refractivity contribution in [3.05, 3.63) is 65.2 Å². The number of hydrogen-bond acceptors (Lipinski definition) is 3. The Balaban J connectivity index is 2.17. The summed E-state index contributed by atoms with van der Waals surface area (Å²) in [6, 6.07) is 9.33. The molecular formula is C18H18F2N2O3. The van der Waals surface area contributed by atoms with Crippen molar-refractivity contribution in [1.82, 2.24) is 4.90 Å². The van der Waals surface area contributed by atoms with Crippen LogP contribution in [0.2, 0.25) is 0 Å². The summed E-state index contributed by atoms with van der Waals surface area (Å²) >= 11 is 0. The summed E-state index contributed by atoms with van der Waals surface area (Å²) in [5.41, 5.74) is 5.82. The molecule has 0 spiro atoms. The van der Waals surface area contributed by atoms with Crippen LogP contribution in [0.5, 0.6) is 5.75 Å². The summed E-state index contributed by atoms with van der Waals surface area (Å²) in [6.45, 7) is 1.41. The van der Waals surface area contributed by atoms with Crippen LogP contribution in [0, 0.1) is 11.6 Å². The van der Waals surface area contributed by atoms with Gasteiger partial charge in [-0.2, -0.15) is 0 Å². The van der Waals surface area contributed by atoms with Crippen molar-refractivity contribution in [3.63, 3.8) is 0 Å². The fourth-order valence-corrected chi connectivity index (χ4v) is 2.25. The van der Waals surface area contributed by atoms with E-state index in [1.807, 2.05) is 0 Å². The monoisotopic (exact) mass is 348 g/mol. The summed E-state index contributed by atoms with van der Waals surface area (Å²) in [4.78, 5) is 24.8. The highest BCUT2D eigenvalue weighted by atomic mass is 19.2. The molecule has 1 unspecified atom stereocenters. The molecule has 0 saturated heterocycles. The molecule has 0 aliphatic carbocycles. The molecule has 0 radical (unpaired) electrons. The third-order valence-electron chi connectivity index (χ3n) is 3.79. The molecule has 2 aromatic rings. The molecular weight excluding hydrogens is 330 g/mol. The summed E-state index contributed by atoms with van der Waals surface area (Å²) in [6.07, 6.45) is 0. The van der Waals surface area contributed by atoms with Gasteiger partial charge in [-0.05, 0) is 42.8 Å². The Kier molecular flexibility index (Phi) is 5.69. The lowest BCUT2D eigenvalue weighted by Crippen LogP contribution is -2.29. The van der Waals surface area contributed by atoms with Gasteiger partial charge in [-0.25, -0.2) is 8.78 Å². The van der Waals surface area contributed by atoms with Gasteiger partial charge in [0.05, 0.1) is 6.04 Å². The lowest BCUT2D eigenvalue weighted by Gasteiger charge is -2.25. The highest BCUT2D eigenvalue weighted by Crippen LogP contribution is 2.23. The van der Waals surface area contributed by atoms with Gasteiger partial charge in [-0.15, -0.1) is 0 Å². The van der Waals surface area contributed by atoms with Crippen LogP contribution in [0.4, 0.5) is 8.78 Å². The second-order valence-corrected chi connectivity index (χ2v) is 5.55. The van der Waals surface area contributed by atoms with Crippen LogP contribution in [0.15, 0.2) is 42.5 Å². The SMILES string of the molecule is CC(c1ccc(F)c(F)c1)N(C)C(=O)c1cccc(OCC(N)=O)c1. The number of amides is 2. The number of hydrogen-bond donors (Lipinski definition) is 1. The minimum absolute atomic E-state index is 0.293. The average Bonchev–Trinajstić information content (AvgIpc) is 2.60. The standard InChI is InChI=1S/C18H18F2N2O3/c1-11(12-6-7-15(19)16(20)9-12)22(2)18(24)13-4-3-5-14(8-13)25-10-17(21)23/h3-9,11H,10H2,1-2H3,(H2,21,23). The predicted molar refractivity (Wildman–Crippen MR) is 88.0 cm³/mol. The van der Waals surface area contributed by atoms with E-state index in [0.29, 0.717) is 16.9 Å². The normalized spacial score (nSPS) is 11.7. The third kappa shape index (κ3) is 4.53. The molecule has 0 aromatic heterocycles. The topological polar surface area (TPSA) is 72.6 Å². The highest BCUT2D eigenvalue weighted by Gasteiger charge is 2.20. The molecule has 25 heavy (non-hydrogen) atoms. The maximum absolute atomic E-state index is 13.4. The molecule has 0 fully saturated rings. The largest absolute Gasteiger partial charge is 0.484 e. The molecule has 2 N–H and O–H groups in total. The van der Waals surface area contributed by atoms with Crippen molar-refractivity contribution in [3.8, 4) is 5.75 Å². The Labute approximate surface area is 144 Å². The second-order valence-electron chi connectivity index (χ2n) is 5.55. The van der Waals surface area contributed by atoms with Gasteiger partial charge in [-0.1, -0.05) is 12.1 Å². The quantitative estimate of drug-likeness (QED) is 0.872. The maximum Gasteiger partial charge on any atom is 0.255 e. The van der Waals surface area contributed by atoms with Gasteiger partial charge >= 0.3 is 0 Å². The first-order valence-corrected chi connectivity index (χ1v) is 7.53. The summed E-state index contributed by atoms with van der Waals surface area (Å²) in [5.74, 6) is -2.53. The zero-order chi connectivity index (χ0) is 18.6. The highest BCUT2D eigenvalue weighted by molar-refractivity contribution is 5.94. The van der Waals surface area contributed by atoms with Crippen molar-refractivity contribution < 1.29 is 23.1 Å². The summed E-state index contributed by atoms with van der Waals surface area (Å²) in [5, 5.41) is 0. The lowest BCUT2D eigenvalue weighted by molar-refractivity contribution is -0.119. The predicted octanol–water partition coefficient (Wildman–Crippen LogP) is 2.66. The van der Waals surface area contributed by atoms with Crippen molar-refractivity contribution in [2.75, 3.05) is 13.7 Å². The van der Waals surface area contributed by atoms with E-state index in [2.05, 4.69) is 0 Å². The van der Waals surface area contributed by atoms with E-state index in [1.165, 1.54) is 17.0 Å². The number of rotatable bonds is 6. The van der Waals surface area contributed by atoms with Gasteiger partial charge in [0.1, 0.15) is 5.75 Å². The number of ether oxygens (including phenoxy) is 1. The fraction of sp³-hybridized carbons (Fsp3) is 0.222. The van der Waals surface area contributed by atoms with Gasteiger partial charge in [0.2, 0.25) is 0 Å². The van der Waals surface area contributed by atoms with Crippen molar-refractivity contribution in [2.24, 2.45) is 5.73 Å². The van der Waals surface area contributed by atoms with Crippen molar-refractivity contribution >= 4 is 11.8 Å². The number of carbonyl (C=O) groups excluding carboxylic acids is 2. The second kappa shape index (κ2) is 7.74. The van der Waals surface area contributed by atoms with Crippen LogP contribution in [0.3, 0.4) is 0 Å². The smallest absolute Gasteiger partial charge is 0.255 e. The summed E-state index contributed by atoms with van der Waals surface area (Å²) < 4.78 is 31.6. The molecule has 2 aromatic carbocycles. The Morgan fingerprint density at radius 2 is 1.88 bits per heavy atom. The zero-order valence-corrected chi connectivity index (χ0v) is 13.8. The average molecular weight is 348 g/mol. The van der Waals surface area contributed by atoms with Crippen LogP contribution >= 0.6 is 0 Å². The molecule has 5 nitrogen and oxygen atoms in total. The Hall–Kier alpha value is -2.96. The Bertz CT molecular complexity index is 796. The van der Waals surface area contributed by atoms with Crippen LogP contribution in [-0.2, 0) is 4.79 Å². The first kappa shape index (κ1) is 18.4. The van der Waals surface area contributed by atoms with Gasteiger partial charge in [0.25, 0.3) is 11.8 Å². The van der Waals surface area contributed by atoms with Crippen molar-refractivity contribution in [2.45, 2.75) is 13.0 Å². The Morgan fingerprint density at radius 3 is 2.52 bits per heavy atom. The lowest BCUT2D eigenvalue weighted by atomic mass is 10.1. The maximum atomic E-state index is 13.4. The first-order valence-electron chi connectivity index (χ1n) is 7.53. The molecule has 2 amide bonds. The number of benzene rings is 2. The molecule has 0 heterocycles. The van der Waals surface area contributed by atoms with Crippen LogP contribution < -0.4 is 10.5 Å². The van der Waals surface area contributed by atoms with E-state index >= 15 is 0 Å². The third-order valence-corrected chi connectivity index (χ3v) is 3.79. The number of halogens is 2. The minimum Gasteiger partial charge on any atom is -0.484 e. The van der Waals surface area contributed by atoms with Crippen LogP contribution in [-0.4, -0.2) is 30.4 Å². The van der Waals surface area contributed by atoms with Gasteiger partial charge in [0.15, 0.2) is 18.2 Å². The van der Waals surface area contributed by atoms with Crippen LogP contribution in [0.1, 0.15) is 28.9 Å². The number of primary amides is 1. The molecule has 7 heteroatoms. The molecule has 1 atom stereocenters. The minimum atomic E-state index is -0.966. The van der Waals surface area contributed by atoms with Gasteiger partial charge in [0, 0.05) is 12.6 Å². The van der Waals surface area contributed by atoms with E-state index < -0.39 is 23.6 Å². The molecule has 0 bridgehead atoms. The first-order chi connectivity index (χ1) is 11.8. The molecule has 132 valence electrons.